The first-order valence-corrected chi connectivity index (χ1v) is 8.39. The molecule has 0 spiro atoms. The van der Waals surface area contributed by atoms with Gasteiger partial charge in [0.1, 0.15) is 35.1 Å². The summed E-state index contributed by atoms with van der Waals surface area (Å²) < 4.78 is 15.7. The molecule has 3 rings (SSSR count). The Bertz CT molecular complexity index is 978. The number of hydrogen-bond acceptors (Lipinski definition) is 7. The summed E-state index contributed by atoms with van der Waals surface area (Å²) in [6.07, 6.45) is 1.32. The first-order chi connectivity index (χ1) is 13.6. The Balaban J connectivity index is 1.77. The van der Waals surface area contributed by atoms with Crippen molar-refractivity contribution >= 4 is 23.1 Å². The van der Waals surface area contributed by atoms with E-state index in [1.165, 1.54) is 13.4 Å². The highest BCUT2D eigenvalue weighted by Gasteiger charge is 2.13. The first-order valence-electron chi connectivity index (χ1n) is 8.39. The van der Waals surface area contributed by atoms with Crippen LogP contribution in [0.25, 0.3) is 0 Å². The van der Waals surface area contributed by atoms with Crippen molar-refractivity contribution in [1.29, 1.82) is 0 Å². The quantitative estimate of drug-likeness (QED) is 0.648. The smallest absolute Gasteiger partial charge is 0.274 e. The van der Waals surface area contributed by atoms with Gasteiger partial charge in [-0.2, -0.15) is 0 Å². The predicted molar refractivity (Wildman–Crippen MR) is 106 cm³/mol. The van der Waals surface area contributed by atoms with Gasteiger partial charge in [0.15, 0.2) is 0 Å². The maximum absolute atomic E-state index is 12.6. The third-order valence-electron chi connectivity index (χ3n) is 3.90. The number of amides is 1. The standard InChI is InChI=1S/C20H20N4O4/c1-26-14-6-4-5-13(9-14)23-19-11-17(21-12-22-19)20(25)24-16-8-7-15(27-2)10-18(16)28-3/h4-12H,1-3H3,(H,24,25)(H,21,22,23). The van der Waals surface area contributed by atoms with Gasteiger partial charge in [0.05, 0.1) is 27.0 Å². The van der Waals surface area contributed by atoms with E-state index in [1.54, 1.807) is 38.5 Å². The van der Waals surface area contributed by atoms with Crippen molar-refractivity contribution in [3.63, 3.8) is 0 Å². The summed E-state index contributed by atoms with van der Waals surface area (Å²) in [7, 11) is 4.68. The second-order valence-electron chi connectivity index (χ2n) is 5.67. The molecule has 28 heavy (non-hydrogen) atoms. The van der Waals surface area contributed by atoms with Crippen LogP contribution in [0.2, 0.25) is 0 Å². The summed E-state index contributed by atoms with van der Waals surface area (Å²) >= 11 is 0. The molecule has 2 N–H and O–H groups in total. The fourth-order valence-corrected chi connectivity index (χ4v) is 2.49. The molecule has 0 aliphatic rings. The van der Waals surface area contributed by atoms with Crippen LogP contribution in [0.5, 0.6) is 17.2 Å². The van der Waals surface area contributed by atoms with Gasteiger partial charge in [-0.3, -0.25) is 4.79 Å². The molecule has 8 heteroatoms. The second kappa shape index (κ2) is 8.72. The Labute approximate surface area is 162 Å². The summed E-state index contributed by atoms with van der Waals surface area (Å²) in [4.78, 5) is 20.8. The van der Waals surface area contributed by atoms with E-state index in [0.29, 0.717) is 28.8 Å². The fraction of sp³-hybridized carbons (Fsp3) is 0.150. The molecule has 3 aromatic rings. The van der Waals surface area contributed by atoms with Crippen LogP contribution < -0.4 is 24.8 Å². The van der Waals surface area contributed by atoms with Crippen LogP contribution in [-0.4, -0.2) is 37.2 Å². The number of benzene rings is 2. The van der Waals surface area contributed by atoms with Gasteiger partial charge >= 0.3 is 0 Å². The Morgan fingerprint density at radius 1 is 0.893 bits per heavy atom. The molecule has 0 saturated carbocycles. The average molecular weight is 380 g/mol. The van der Waals surface area contributed by atoms with E-state index in [9.17, 15) is 4.79 Å². The molecule has 2 aromatic carbocycles. The van der Waals surface area contributed by atoms with Crippen LogP contribution in [0.1, 0.15) is 10.5 Å². The van der Waals surface area contributed by atoms with Gasteiger partial charge in [-0.05, 0) is 24.3 Å². The van der Waals surface area contributed by atoms with E-state index in [0.717, 1.165) is 5.69 Å². The molecule has 0 saturated heterocycles. The summed E-state index contributed by atoms with van der Waals surface area (Å²) in [5, 5.41) is 5.90. The molecule has 0 unspecified atom stereocenters. The van der Waals surface area contributed by atoms with Crippen LogP contribution in [0, 0.1) is 0 Å². The van der Waals surface area contributed by atoms with E-state index >= 15 is 0 Å². The van der Waals surface area contributed by atoms with E-state index in [-0.39, 0.29) is 11.6 Å². The van der Waals surface area contributed by atoms with Gasteiger partial charge in [0.25, 0.3) is 5.91 Å². The fourth-order valence-electron chi connectivity index (χ4n) is 2.49. The van der Waals surface area contributed by atoms with Crippen molar-refractivity contribution in [2.24, 2.45) is 0 Å². The molecular weight excluding hydrogens is 360 g/mol. The lowest BCUT2D eigenvalue weighted by atomic mass is 10.2. The third-order valence-corrected chi connectivity index (χ3v) is 3.90. The molecule has 0 aliphatic heterocycles. The van der Waals surface area contributed by atoms with Crippen molar-refractivity contribution in [3.05, 3.63) is 60.6 Å². The molecule has 0 bridgehead atoms. The molecule has 1 heterocycles. The van der Waals surface area contributed by atoms with Crippen LogP contribution >= 0.6 is 0 Å². The predicted octanol–water partition coefficient (Wildman–Crippen LogP) is 3.50. The maximum atomic E-state index is 12.6. The lowest BCUT2D eigenvalue weighted by molar-refractivity contribution is 0.102. The van der Waals surface area contributed by atoms with Crippen molar-refractivity contribution in [1.82, 2.24) is 9.97 Å². The highest BCUT2D eigenvalue weighted by atomic mass is 16.5. The number of nitrogens with zero attached hydrogens (tertiary/aromatic N) is 2. The zero-order valence-electron chi connectivity index (χ0n) is 15.7. The van der Waals surface area contributed by atoms with Crippen LogP contribution in [0.15, 0.2) is 54.9 Å². The molecule has 144 valence electrons. The number of anilines is 3. The number of aromatic nitrogens is 2. The minimum absolute atomic E-state index is 0.207. The molecule has 1 aromatic heterocycles. The van der Waals surface area contributed by atoms with Crippen LogP contribution in [0.4, 0.5) is 17.2 Å². The number of ether oxygens (including phenoxy) is 3. The molecule has 0 radical (unpaired) electrons. The molecule has 0 atom stereocenters. The topological polar surface area (TPSA) is 94.6 Å². The molecule has 0 aliphatic carbocycles. The number of methoxy groups -OCH3 is 3. The summed E-state index contributed by atoms with van der Waals surface area (Å²) in [6.45, 7) is 0. The third kappa shape index (κ3) is 4.47. The Morgan fingerprint density at radius 2 is 1.68 bits per heavy atom. The van der Waals surface area contributed by atoms with Crippen LogP contribution in [0.3, 0.4) is 0 Å². The van der Waals surface area contributed by atoms with Gasteiger partial charge < -0.3 is 24.8 Å². The lowest BCUT2D eigenvalue weighted by Crippen LogP contribution is -2.15. The van der Waals surface area contributed by atoms with Crippen LogP contribution in [-0.2, 0) is 0 Å². The number of hydrogen-bond donors (Lipinski definition) is 2. The monoisotopic (exact) mass is 380 g/mol. The number of carbonyl (C=O) groups is 1. The summed E-state index contributed by atoms with van der Waals surface area (Å²) in [5.41, 5.74) is 1.49. The largest absolute Gasteiger partial charge is 0.497 e. The minimum atomic E-state index is -0.389. The molecule has 0 fully saturated rings. The highest BCUT2D eigenvalue weighted by Crippen LogP contribution is 2.29. The van der Waals surface area contributed by atoms with E-state index in [1.807, 2.05) is 24.3 Å². The van der Waals surface area contributed by atoms with Gasteiger partial charge in [-0.15, -0.1) is 0 Å². The van der Waals surface area contributed by atoms with E-state index in [4.69, 9.17) is 14.2 Å². The minimum Gasteiger partial charge on any atom is -0.497 e. The molecular formula is C20H20N4O4. The van der Waals surface area contributed by atoms with E-state index in [2.05, 4.69) is 20.6 Å². The number of rotatable bonds is 7. The van der Waals surface area contributed by atoms with Gasteiger partial charge in [0.2, 0.25) is 0 Å². The summed E-state index contributed by atoms with van der Waals surface area (Å²) in [5.74, 6) is 1.91. The van der Waals surface area contributed by atoms with E-state index < -0.39 is 0 Å². The number of carbonyl (C=O) groups excluding carboxylic acids is 1. The zero-order valence-corrected chi connectivity index (χ0v) is 15.7. The normalized spacial score (nSPS) is 10.1. The lowest BCUT2D eigenvalue weighted by Gasteiger charge is -2.12. The van der Waals surface area contributed by atoms with Gasteiger partial charge in [0, 0.05) is 23.9 Å². The Hall–Kier alpha value is -3.81. The Morgan fingerprint density at radius 3 is 2.43 bits per heavy atom. The Kier molecular flexibility index (Phi) is 5.91. The van der Waals surface area contributed by atoms with Gasteiger partial charge in [-0.25, -0.2) is 9.97 Å². The molecule has 1 amide bonds. The maximum Gasteiger partial charge on any atom is 0.274 e. The van der Waals surface area contributed by atoms with Crippen molar-refractivity contribution in [2.45, 2.75) is 0 Å². The highest BCUT2D eigenvalue weighted by molar-refractivity contribution is 6.04. The average Bonchev–Trinajstić information content (AvgIpc) is 2.74. The summed E-state index contributed by atoms with van der Waals surface area (Å²) in [6, 6.07) is 14.1. The number of nitrogens with one attached hydrogen (secondary N) is 2. The molecule has 8 nitrogen and oxygen atoms in total. The van der Waals surface area contributed by atoms with Crippen molar-refractivity contribution < 1.29 is 19.0 Å². The van der Waals surface area contributed by atoms with Gasteiger partial charge in [-0.1, -0.05) is 6.07 Å². The first kappa shape index (κ1) is 19.0. The van der Waals surface area contributed by atoms with Crippen molar-refractivity contribution in [3.8, 4) is 17.2 Å². The zero-order chi connectivity index (χ0) is 19.9. The second-order valence-corrected chi connectivity index (χ2v) is 5.67. The van der Waals surface area contributed by atoms with Crippen molar-refractivity contribution in [2.75, 3.05) is 32.0 Å². The SMILES string of the molecule is COc1cccc(Nc2cc(C(=O)Nc3ccc(OC)cc3OC)ncn2)c1.